The van der Waals surface area contributed by atoms with E-state index in [0.29, 0.717) is 30.7 Å². The summed E-state index contributed by atoms with van der Waals surface area (Å²) in [5, 5.41) is 11.3. The second-order valence-corrected chi connectivity index (χ2v) is 8.12. The normalized spacial score (nSPS) is 21.6. The van der Waals surface area contributed by atoms with E-state index in [4.69, 9.17) is 0 Å². The number of fused-ring (bicyclic) bond motifs is 2. The Balaban J connectivity index is 1.40. The average molecular weight is 386 g/mol. The maximum atomic E-state index is 14.0. The summed E-state index contributed by atoms with van der Waals surface area (Å²) in [6.45, 7) is 4.56. The molecule has 1 fully saturated rings. The summed E-state index contributed by atoms with van der Waals surface area (Å²) in [4.78, 5) is 16.8. The van der Waals surface area contributed by atoms with Crippen LogP contribution in [0.3, 0.4) is 0 Å². The molecule has 2 atom stereocenters. The summed E-state index contributed by atoms with van der Waals surface area (Å²) < 4.78 is 15.9. The van der Waals surface area contributed by atoms with Gasteiger partial charge in [-0.25, -0.2) is 4.39 Å². The van der Waals surface area contributed by atoms with Crippen LogP contribution in [0, 0.1) is 17.7 Å². The lowest BCUT2D eigenvalue weighted by molar-refractivity contribution is 0.0932. The van der Waals surface area contributed by atoms with Crippen LogP contribution < -0.4 is 5.32 Å². The molecule has 2 aromatic rings. The third-order valence-corrected chi connectivity index (χ3v) is 5.74. The van der Waals surface area contributed by atoms with Crippen LogP contribution in [0.1, 0.15) is 22.0 Å². The minimum atomic E-state index is -0.166. The van der Waals surface area contributed by atoms with Crippen LogP contribution >= 0.6 is 0 Å². The first-order chi connectivity index (χ1) is 13.5. The number of nitrogens with one attached hydrogen (secondary N) is 1. The first-order valence-electron chi connectivity index (χ1n) is 9.82. The number of benzene rings is 1. The smallest absolute Gasteiger partial charge is 0.289 e. The molecule has 1 aromatic carbocycles. The predicted molar refractivity (Wildman–Crippen MR) is 103 cm³/mol. The Labute approximate surface area is 164 Å². The SMILES string of the molecule is CN(C)CCNC(=O)c1nnc2n1C[C@H]1CN(Cc3ccccc3F)C[C@H]1C2. The monoisotopic (exact) mass is 386 g/mol. The van der Waals surface area contributed by atoms with E-state index in [1.165, 1.54) is 6.07 Å². The van der Waals surface area contributed by atoms with Crippen LogP contribution in [0.25, 0.3) is 0 Å². The van der Waals surface area contributed by atoms with Crippen LogP contribution in [-0.4, -0.2) is 70.7 Å². The van der Waals surface area contributed by atoms with Gasteiger partial charge in [0, 0.05) is 51.3 Å². The van der Waals surface area contributed by atoms with Gasteiger partial charge in [-0.15, -0.1) is 10.2 Å². The molecule has 1 amide bonds. The van der Waals surface area contributed by atoms with E-state index in [1.54, 1.807) is 6.07 Å². The zero-order chi connectivity index (χ0) is 19.7. The van der Waals surface area contributed by atoms with Crippen molar-refractivity contribution in [3.05, 3.63) is 47.3 Å². The van der Waals surface area contributed by atoms with E-state index in [2.05, 4.69) is 20.4 Å². The highest BCUT2D eigenvalue weighted by Crippen LogP contribution is 2.33. The van der Waals surface area contributed by atoms with Crippen molar-refractivity contribution in [1.82, 2.24) is 29.9 Å². The molecule has 4 rings (SSSR count). The second-order valence-electron chi connectivity index (χ2n) is 8.12. The Morgan fingerprint density at radius 3 is 2.79 bits per heavy atom. The minimum Gasteiger partial charge on any atom is -0.348 e. The zero-order valence-electron chi connectivity index (χ0n) is 16.4. The first-order valence-corrected chi connectivity index (χ1v) is 9.82. The molecule has 0 saturated carbocycles. The summed E-state index contributed by atoms with van der Waals surface area (Å²) in [6.07, 6.45) is 0.816. The maximum absolute atomic E-state index is 14.0. The van der Waals surface area contributed by atoms with Crippen molar-refractivity contribution in [2.75, 3.05) is 40.3 Å². The van der Waals surface area contributed by atoms with Crippen molar-refractivity contribution in [2.45, 2.75) is 19.5 Å². The summed E-state index contributed by atoms with van der Waals surface area (Å²) >= 11 is 0. The number of carbonyl (C=O) groups excluding carboxylic acids is 1. The van der Waals surface area contributed by atoms with Gasteiger partial charge in [-0.1, -0.05) is 18.2 Å². The average Bonchev–Trinajstić information content (AvgIpc) is 3.23. The summed E-state index contributed by atoms with van der Waals surface area (Å²) in [6, 6.07) is 6.97. The predicted octanol–water partition coefficient (Wildman–Crippen LogP) is 1.01. The third-order valence-electron chi connectivity index (χ3n) is 5.74. The quantitative estimate of drug-likeness (QED) is 0.803. The molecular weight excluding hydrogens is 359 g/mol. The van der Waals surface area contributed by atoms with Crippen LogP contribution in [0.15, 0.2) is 24.3 Å². The Morgan fingerprint density at radius 1 is 1.21 bits per heavy atom. The highest BCUT2D eigenvalue weighted by molar-refractivity contribution is 5.90. The fraction of sp³-hybridized carbons (Fsp3) is 0.550. The molecule has 28 heavy (non-hydrogen) atoms. The number of carbonyl (C=O) groups is 1. The Morgan fingerprint density at radius 2 is 2.00 bits per heavy atom. The van der Waals surface area contributed by atoms with Crippen molar-refractivity contribution < 1.29 is 9.18 Å². The van der Waals surface area contributed by atoms with Gasteiger partial charge in [-0.2, -0.15) is 0 Å². The molecule has 0 spiro atoms. The topological polar surface area (TPSA) is 66.3 Å². The highest BCUT2D eigenvalue weighted by Gasteiger charge is 2.39. The molecular formula is C20H27FN6O. The fourth-order valence-electron chi connectivity index (χ4n) is 4.26. The molecule has 150 valence electrons. The molecule has 3 heterocycles. The van der Waals surface area contributed by atoms with Gasteiger partial charge in [0.15, 0.2) is 0 Å². The Bertz CT molecular complexity index is 851. The summed E-state index contributed by atoms with van der Waals surface area (Å²) in [5.74, 6) is 1.88. The molecule has 1 N–H and O–H groups in total. The van der Waals surface area contributed by atoms with E-state index in [1.807, 2.05) is 35.7 Å². The Kier molecular flexibility index (Phi) is 5.41. The van der Waals surface area contributed by atoms with Crippen molar-refractivity contribution in [3.8, 4) is 0 Å². The number of hydrogen-bond donors (Lipinski definition) is 1. The molecule has 1 aromatic heterocycles. The van der Waals surface area contributed by atoms with Gasteiger partial charge < -0.3 is 14.8 Å². The molecule has 1 saturated heterocycles. The highest BCUT2D eigenvalue weighted by atomic mass is 19.1. The molecule has 2 aliphatic rings. The van der Waals surface area contributed by atoms with Gasteiger partial charge in [-0.05, 0) is 32.0 Å². The van der Waals surface area contributed by atoms with Crippen LogP contribution in [0.2, 0.25) is 0 Å². The maximum Gasteiger partial charge on any atom is 0.289 e. The summed E-state index contributed by atoms with van der Waals surface area (Å²) in [5.41, 5.74) is 0.738. The fourth-order valence-corrected chi connectivity index (χ4v) is 4.26. The number of amides is 1. The van der Waals surface area contributed by atoms with Gasteiger partial charge in [0.25, 0.3) is 5.91 Å². The number of nitrogens with zero attached hydrogens (tertiary/aromatic N) is 5. The first kappa shape index (κ1) is 19.0. The third kappa shape index (κ3) is 3.93. The molecule has 0 bridgehead atoms. The molecule has 0 unspecified atom stereocenters. The standard InChI is InChI=1S/C20H27FN6O/c1-25(2)8-7-22-20(28)19-24-23-18-9-15-11-26(12-16(15)13-27(18)19)10-14-5-3-4-6-17(14)21/h3-6,15-16H,7-13H2,1-2H3,(H,22,28)/t15-,16-/m1/s1. The Hall–Kier alpha value is -2.32. The van der Waals surface area contributed by atoms with E-state index in [0.717, 1.165) is 44.0 Å². The molecule has 0 aliphatic carbocycles. The molecule has 8 heteroatoms. The van der Waals surface area contributed by atoms with E-state index < -0.39 is 0 Å². The van der Waals surface area contributed by atoms with Crippen molar-refractivity contribution in [2.24, 2.45) is 11.8 Å². The number of likely N-dealkylation sites (tertiary alicyclic amines) is 1. The lowest BCUT2D eigenvalue weighted by atomic mass is 9.89. The number of halogens is 1. The number of aromatic nitrogens is 3. The van der Waals surface area contributed by atoms with Crippen LogP contribution in [0.4, 0.5) is 4.39 Å². The van der Waals surface area contributed by atoms with Crippen LogP contribution in [-0.2, 0) is 19.5 Å². The van der Waals surface area contributed by atoms with Gasteiger partial charge in [-0.3, -0.25) is 9.69 Å². The minimum absolute atomic E-state index is 0.147. The lowest BCUT2D eigenvalue weighted by Gasteiger charge is -2.25. The van der Waals surface area contributed by atoms with Crippen molar-refractivity contribution >= 4 is 5.91 Å². The summed E-state index contributed by atoms with van der Waals surface area (Å²) in [7, 11) is 3.94. The second kappa shape index (κ2) is 7.97. The van der Waals surface area contributed by atoms with E-state index >= 15 is 0 Å². The van der Waals surface area contributed by atoms with E-state index in [-0.39, 0.29) is 11.7 Å². The van der Waals surface area contributed by atoms with Crippen molar-refractivity contribution in [1.29, 1.82) is 0 Å². The lowest BCUT2D eigenvalue weighted by Crippen LogP contribution is -2.35. The van der Waals surface area contributed by atoms with Gasteiger partial charge in [0.05, 0.1) is 0 Å². The van der Waals surface area contributed by atoms with Crippen LogP contribution in [0.5, 0.6) is 0 Å². The molecule has 2 aliphatic heterocycles. The molecule has 7 nitrogen and oxygen atoms in total. The van der Waals surface area contributed by atoms with Gasteiger partial charge >= 0.3 is 0 Å². The van der Waals surface area contributed by atoms with Gasteiger partial charge in [0.1, 0.15) is 11.6 Å². The zero-order valence-corrected chi connectivity index (χ0v) is 16.4. The number of likely N-dealkylation sites (N-methyl/N-ethyl adjacent to an activating group) is 1. The van der Waals surface area contributed by atoms with E-state index in [9.17, 15) is 9.18 Å². The van der Waals surface area contributed by atoms with Crippen molar-refractivity contribution in [3.63, 3.8) is 0 Å². The number of rotatable bonds is 6. The molecule has 0 radical (unpaired) electrons. The largest absolute Gasteiger partial charge is 0.348 e. The van der Waals surface area contributed by atoms with Gasteiger partial charge in [0.2, 0.25) is 5.82 Å². The number of hydrogen-bond acceptors (Lipinski definition) is 5.